The van der Waals surface area contributed by atoms with Crippen molar-refractivity contribution in [2.24, 2.45) is 7.05 Å². The number of rotatable bonds is 2. The molecule has 2 heterocycles. The molecule has 0 saturated heterocycles. The van der Waals surface area contributed by atoms with E-state index < -0.39 is 5.69 Å². The fourth-order valence-electron chi connectivity index (χ4n) is 1.58. The predicted molar refractivity (Wildman–Crippen MR) is 64.0 cm³/mol. The van der Waals surface area contributed by atoms with Gasteiger partial charge in [-0.3, -0.25) is 9.36 Å². The second-order valence-electron chi connectivity index (χ2n) is 3.79. The lowest BCUT2D eigenvalue weighted by atomic mass is 10.2. The van der Waals surface area contributed by atoms with E-state index >= 15 is 0 Å². The average molecular weight is 242 g/mol. The lowest BCUT2D eigenvalue weighted by Gasteiger charge is -2.06. The van der Waals surface area contributed by atoms with E-state index in [1.54, 1.807) is 19.2 Å². The van der Waals surface area contributed by atoms with Crippen LogP contribution in [-0.4, -0.2) is 14.1 Å². The summed E-state index contributed by atoms with van der Waals surface area (Å²) < 4.78 is 2.43. The molecule has 0 aliphatic rings. The highest BCUT2D eigenvalue weighted by Gasteiger charge is 2.04. The van der Waals surface area contributed by atoms with E-state index in [4.69, 9.17) is 5.26 Å². The van der Waals surface area contributed by atoms with Crippen molar-refractivity contribution in [2.45, 2.75) is 6.54 Å². The van der Waals surface area contributed by atoms with Crippen LogP contribution in [0.25, 0.3) is 0 Å². The maximum atomic E-state index is 11.8. The van der Waals surface area contributed by atoms with Gasteiger partial charge in [0, 0.05) is 25.5 Å². The smallest absolute Gasteiger partial charge is 0.303 e. The van der Waals surface area contributed by atoms with E-state index in [1.165, 1.54) is 23.0 Å². The Balaban J connectivity index is 2.47. The standard InChI is InChI=1S/C12H10N4O2/c1-15-5-3-11(17)16(12(15)18)8-9-2-4-14-10(6-9)7-13/h2-6H,8H2,1H3. The minimum absolute atomic E-state index is 0.129. The van der Waals surface area contributed by atoms with Crippen LogP contribution in [0.4, 0.5) is 0 Å². The van der Waals surface area contributed by atoms with Gasteiger partial charge in [0.25, 0.3) is 5.56 Å². The summed E-state index contributed by atoms with van der Waals surface area (Å²) in [5.41, 5.74) is 0.187. The van der Waals surface area contributed by atoms with Crippen molar-refractivity contribution in [1.82, 2.24) is 14.1 Å². The van der Waals surface area contributed by atoms with Crippen LogP contribution in [0.15, 0.2) is 40.2 Å². The van der Waals surface area contributed by atoms with Gasteiger partial charge in [-0.05, 0) is 17.7 Å². The first-order valence-electron chi connectivity index (χ1n) is 5.23. The van der Waals surface area contributed by atoms with Gasteiger partial charge in [-0.15, -0.1) is 0 Å². The van der Waals surface area contributed by atoms with Crippen LogP contribution in [0.2, 0.25) is 0 Å². The number of aromatic nitrogens is 3. The van der Waals surface area contributed by atoms with Gasteiger partial charge < -0.3 is 4.57 Å². The van der Waals surface area contributed by atoms with E-state index in [1.807, 2.05) is 6.07 Å². The van der Waals surface area contributed by atoms with E-state index in [-0.39, 0.29) is 17.8 Å². The van der Waals surface area contributed by atoms with Gasteiger partial charge in [0.2, 0.25) is 0 Å². The fourth-order valence-corrected chi connectivity index (χ4v) is 1.58. The van der Waals surface area contributed by atoms with Gasteiger partial charge in [0.1, 0.15) is 11.8 Å². The van der Waals surface area contributed by atoms with Crippen LogP contribution in [0.5, 0.6) is 0 Å². The Hall–Kier alpha value is -2.68. The molecule has 0 radical (unpaired) electrons. The number of nitriles is 1. The minimum Gasteiger partial charge on any atom is -0.303 e. The molecule has 0 unspecified atom stereocenters. The Morgan fingerprint density at radius 1 is 1.39 bits per heavy atom. The molecule has 18 heavy (non-hydrogen) atoms. The third-order valence-electron chi connectivity index (χ3n) is 2.52. The van der Waals surface area contributed by atoms with Crippen molar-refractivity contribution in [1.29, 1.82) is 5.26 Å². The van der Waals surface area contributed by atoms with E-state index in [0.29, 0.717) is 5.56 Å². The third kappa shape index (κ3) is 2.20. The Morgan fingerprint density at radius 3 is 2.89 bits per heavy atom. The van der Waals surface area contributed by atoms with Crippen LogP contribution in [0.3, 0.4) is 0 Å². The van der Waals surface area contributed by atoms with Crippen molar-refractivity contribution in [3.8, 4) is 6.07 Å². The first kappa shape index (κ1) is 11.8. The molecule has 0 aromatic carbocycles. The zero-order chi connectivity index (χ0) is 13.1. The van der Waals surface area contributed by atoms with Gasteiger partial charge in [0.05, 0.1) is 6.54 Å². The summed E-state index contributed by atoms with van der Waals surface area (Å²) in [6, 6.07) is 6.46. The molecule has 0 spiro atoms. The zero-order valence-corrected chi connectivity index (χ0v) is 9.70. The molecule has 6 nitrogen and oxygen atoms in total. The van der Waals surface area contributed by atoms with Crippen molar-refractivity contribution in [3.05, 3.63) is 62.7 Å². The van der Waals surface area contributed by atoms with E-state index in [0.717, 1.165) is 4.57 Å². The van der Waals surface area contributed by atoms with E-state index in [9.17, 15) is 9.59 Å². The molecule has 2 aromatic rings. The quantitative estimate of drug-likeness (QED) is 0.734. The summed E-state index contributed by atoms with van der Waals surface area (Å²) in [6.45, 7) is 0.129. The fraction of sp³-hybridized carbons (Fsp3) is 0.167. The second-order valence-corrected chi connectivity index (χ2v) is 3.79. The normalized spacial score (nSPS) is 10.0. The lowest BCUT2D eigenvalue weighted by molar-refractivity contribution is 0.639. The SMILES string of the molecule is Cn1ccc(=O)n(Cc2ccnc(C#N)c2)c1=O. The van der Waals surface area contributed by atoms with Gasteiger partial charge in [0.15, 0.2) is 0 Å². The molecule has 0 N–H and O–H groups in total. The second kappa shape index (κ2) is 4.67. The number of hydrogen-bond donors (Lipinski definition) is 0. The number of nitrogens with zero attached hydrogens (tertiary/aromatic N) is 4. The molecule has 0 amide bonds. The summed E-state index contributed by atoms with van der Waals surface area (Å²) in [5.74, 6) is 0. The molecular weight excluding hydrogens is 232 g/mol. The Morgan fingerprint density at radius 2 is 2.17 bits per heavy atom. The van der Waals surface area contributed by atoms with Crippen LogP contribution in [-0.2, 0) is 13.6 Å². The van der Waals surface area contributed by atoms with Gasteiger partial charge >= 0.3 is 5.69 Å². The molecule has 2 rings (SSSR count). The van der Waals surface area contributed by atoms with Crippen LogP contribution < -0.4 is 11.2 Å². The van der Waals surface area contributed by atoms with Gasteiger partial charge in [-0.1, -0.05) is 0 Å². The van der Waals surface area contributed by atoms with Crippen LogP contribution in [0.1, 0.15) is 11.3 Å². The van der Waals surface area contributed by atoms with Crippen LogP contribution >= 0.6 is 0 Å². The number of aryl methyl sites for hydroxylation is 1. The first-order chi connectivity index (χ1) is 8.61. The predicted octanol–water partition coefficient (Wildman–Crippen LogP) is -0.138. The van der Waals surface area contributed by atoms with Crippen molar-refractivity contribution in [3.63, 3.8) is 0 Å². The van der Waals surface area contributed by atoms with Crippen molar-refractivity contribution in [2.75, 3.05) is 0 Å². The average Bonchev–Trinajstić information content (AvgIpc) is 2.39. The highest BCUT2D eigenvalue weighted by atomic mass is 16.2. The van der Waals surface area contributed by atoms with E-state index in [2.05, 4.69) is 4.98 Å². The van der Waals surface area contributed by atoms with Gasteiger partial charge in [-0.2, -0.15) is 5.26 Å². The largest absolute Gasteiger partial charge is 0.331 e. The molecule has 0 aliphatic carbocycles. The molecule has 0 atom stereocenters. The maximum Gasteiger partial charge on any atom is 0.331 e. The molecule has 90 valence electrons. The highest BCUT2D eigenvalue weighted by molar-refractivity contribution is 5.25. The third-order valence-corrected chi connectivity index (χ3v) is 2.52. The summed E-state index contributed by atoms with van der Waals surface area (Å²) >= 11 is 0. The molecule has 0 aliphatic heterocycles. The Bertz CT molecular complexity index is 737. The Kier molecular flexibility index (Phi) is 3.06. The molecule has 0 fully saturated rings. The van der Waals surface area contributed by atoms with Crippen molar-refractivity contribution < 1.29 is 0 Å². The number of pyridine rings is 1. The molecular formula is C12H10N4O2. The highest BCUT2D eigenvalue weighted by Crippen LogP contribution is 2.01. The summed E-state index contributed by atoms with van der Waals surface area (Å²) in [4.78, 5) is 27.2. The minimum atomic E-state index is -0.391. The molecule has 0 bridgehead atoms. The summed E-state index contributed by atoms with van der Waals surface area (Å²) in [7, 11) is 1.57. The Labute approximate surface area is 102 Å². The molecule has 0 saturated carbocycles. The number of hydrogen-bond acceptors (Lipinski definition) is 4. The molecule has 6 heteroatoms. The van der Waals surface area contributed by atoms with Crippen molar-refractivity contribution >= 4 is 0 Å². The zero-order valence-electron chi connectivity index (χ0n) is 9.70. The van der Waals surface area contributed by atoms with Gasteiger partial charge in [-0.25, -0.2) is 9.78 Å². The summed E-state index contributed by atoms with van der Waals surface area (Å²) in [5, 5.41) is 8.73. The topological polar surface area (TPSA) is 80.7 Å². The first-order valence-corrected chi connectivity index (χ1v) is 5.23. The lowest BCUT2D eigenvalue weighted by Crippen LogP contribution is -2.38. The maximum absolute atomic E-state index is 11.8. The van der Waals surface area contributed by atoms with Crippen LogP contribution in [0, 0.1) is 11.3 Å². The monoisotopic (exact) mass is 242 g/mol. The summed E-state index contributed by atoms with van der Waals surface area (Å²) in [6.07, 6.45) is 2.90. The molecule has 2 aromatic heterocycles.